The molecule has 0 bridgehead atoms. The molecule has 9 heteroatoms. The number of carboxylic acid groups (broad SMARTS) is 1. The summed E-state index contributed by atoms with van der Waals surface area (Å²) in [5, 5.41) is 39.8. The van der Waals surface area contributed by atoms with Crippen molar-refractivity contribution in [3.63, 3.8) is 0 Å². The normalized spacial score (nSPS) is 36.4. The quantitative estimate of drug-likeness (QED) is 0.545. The highest BCUT2D eigenvalue weighted by atomic mass is 16.7. The molecular weight excluding hydrogens is 384 g/mol. The summed E-state index contributed by atoms with van der Waals surface area (Å²) < 4.78 is 92.8. The number of fused-ring (bicyclic) bond motifs is 1. The highest BCUT2D eigenvalue weighted by molar-refractivity contribution is 5.73. The standard InChI is InChI=1S/C20H26O9/c1-20(2,3)13(7-5-10-4-6-11-12(8-10)27-9-26-11)28-19-16(23)14(21)15(22)17(29-19)18(24)25/h4-8,13-17,19,21-23H,9H2,1-3H3,(H,24,25)/b7-5+/t13-,14-,15-,16+,17-,19-/m0/s1/i1D3,2D3,3D3. The molecule has 29 heavy (non-hydrogen) atoms. The molecule has 1 aromatic carbocycles. The van der Waals surface area contributed by atoms with Crippen LogP contribution in [0.15, 0.2) is 24.3 Å². The molecule has 0 aromatic heterocycles. The lowest BCUT2D eigenvalue weighted by Gasteiger charge is -2.41. The lowest BCUT2D eigenvalue weighted by atomic mass is 9.88. The predicted molar refractivity (Wildman–Crippen MR) is 100 cm³/mol. The molecule has 0 spiro atoms. The van der Waals surface area contributed by atoms with Gasteiger partial charge in [-0.3, -0.25) is 0 Å². The van der Waals surface area contributed by atoms with E-state index in [1.807, 2.05) is 0 Å². The fourth-order valence-corrected chi connectivity index (χ4v) is 2.82. The zero-order valence-corrected chi connectivity index (χ0v) is 14.9. The van der Waals surface area contributed by atoms with Crippen molar-refractivity contribution in [3.05, 3.63) is 29.8 Å². The molecular formula is C20H26O9. The summed E-state index contributed by atoms with van der Waals surface area (Å²) >= 11 is 0. The third kappa shape index (κ3) is 4.71. The monoisotopic (exact) mass is 419 g/mol. The van der Waals surface area contributed by atoms with Crippen LogP contribution >= 0.6 is 0 Å². The molecule has 0 aliphatic carbocycles. The number of benzene rings is 1. The number of carbonyl (C=O) groups is 1. The van der Waals surface area contributed by atoms with Crippen molar-refractivity contribution in [2.45, 2.75) is 57.4 Å². The molecule has 0 unspecified atom stereocenters. The summed E-state index contributed by atoms with van der Waals surface area (Å²) in [7, 11) is 0. The van der Waals surface area contributed by atoms with Gasteiger partial charge < -0.3 is 39.4 Å². The molecule has 0 radical (unpaired) electrons. The van der Waals surface area contributed by atoms with E-state index in [4.69, 9.17) is 31.3 Å². The van der Waals surface area contributed by atoms with Gasteiger partial charge in [-0.25, -0.2) is 4.79 Å². The predicted octanol–water partition coefficient (Wildman–Crippen LogP) is 0.752. The Kier molecular flexibility index (Phi) is 3.58. The zero-order chi connectivity index (χ0) is 28.8. The smallest absolute Gasteiger partial charge is 0.335 e. The van der Waals surface area contributed by atoms with Crippen molar-refractivity contribution in [2.75, 3.05) is 6.79 Å². The number of hydrogen-bond donors (Lipinski definition) is 4. The number of ether oxygens (including phenoxy) is 4. The third-order valence-corrected chi connectivity index (χ3v) is 4.38. The average molecular weight is 419 g/mol. The molecule has 9 nitrogen and oxygen atoms in total. The number of aliphatic carboxylic acids is 1. The fraction of sp³-hybridized carbons (Fsp3) is 0.550. The van der Waals surface area contributed by atoms with Crippen LogP contribution in [0.3, 0.4) is 0 Å². The van der Waals surface area contributed by atoms with Gasteiger partial charge in [-0.1, -0.05) is 38.8 Å². The largest absolute Gasteiger partial charge is 0.479 e. The van der Waals surface area contributed by atoms with E-state index in [0.29, 0.717) is 11.5 Å². The van der Waals surface area contributed by atoms with Gasteiger partial charge in [0.1, 0.15) is 18.3 Å². The molecule has 2 aliphatic rings. The minimum Gasteiger partial charge on any atom is -0.479 e. The fourth-order valence-electron chi connectivity index (χ4n) is 2.82. The number of aliphatic hydroxyl groups is 3. The summed E-state index contributed by atoms with van der Waals surface area (Å²) in [6, 6.07) is 4.39. The van der Waals surface area contributed by atoms with Crippen LogP contribution in [0.1, 0.15) is 38.5 Å². The van der Waals surface area contributed by atoms with Crippen LogP contribution in [-0.2, 0) is 14.3 Å². The van der Waals surface area contributed by atoms with Gasteiger partial charge in [-0.15, -0.1) is 0 Å². The zero-order valence-electron chi connectivity index (χ0n) is 23.9. The number of rotatable bonds is 5. The summed E-state index contributed by atoms with van der Waals surface area (Å²) in [6.45, 7) is -11.3. The van der Waals surface area contributed by atoms with E-state index in [9.17, 15) is 25.2 Å². The van der Waals surface area contributed by atoms with E-state index in [0.717, 1.165) is 12.2 Å². The van der Waals surface area contributed by atoms with Gasteiger partial charge in [0.25, 0.3) is 0 Å². The number of hydrogen-bond acceptors (Lipinski definition) is 8. The molecule has 6 atom stereocenters. The summed E-state index contributed by atoms with van der Waals surface area (Å²) in [5.74, 6) is -1.10. The Morgan fingerprint density at radius 3 is 2.62 bits per heavy atom. The van der Waals surface area contributed by atoms with E-state index in [-0.39, 0.29) is 12.4 Å². The first-order chi connectivity index (χ1) is 17.3. The first-order valence-corrected chi connectivity index (χ1v) is 8.48. The van der Waals surface area contributed by atoms with E-state index in [1.54, 1.807) is 0 Å². The van der Waals surface area contributed by atoms with E-state index in [1.165, 1.54) is 18.2 Å². The molecule has 160 valence electrons. The topological polar surface area (TPSA) is 135 Å². The minimum atomic E-state index is -3.75. The highest BCUT2D eigenvalue weighted by Gasteiger charge is 2.48. The second kappa shape index (κ2) is 8.29. The van der Waals surface area contributed by atoms with Crippen molar-refractivity contribution >= 4 is 12.0 Å². The molecule has 2 heterocycles. The van der Waals surface area contributed by atoms with Crippen LogP contribution in [-0.4, -0.2) is 70.0 Å². The molecule has 1 saturated heterocycles. The maximum Gasteiger partial charge on any atom is 0.335 e. The van der Waals surface area contributed by atoms with Crippen molar-refractivity contribution in [3.8, 4) is 11.5 Å². The van der Waals surface area contributed by atoms with Gasteiger partial charge in [-0.05, 0) is 23.1 Å². The van der Waals surface area contributed by atoms with Gasteiger partial charge in [0.05, 0.1) is 6.10 Å². The van der Waals surface area contributed by atoms with Gasteiger partial charge in [-0.2, -0.15) is 0 Å². The van der Waals surface area contributed by atoms with E-state index in [2.05, 4.69) is 0 Å². The Hall–Kier alpha value is -2.17. The first-order valence-electron chi connectivity index (χ1n) is 13.0. The lowest BCUT2D eigenvalue weighted by Crippen LogP contribution is -2.61. The highest BCUT2D eigenvalue weighted by Crippen LogP contribution is 2.34. The second-order valence-corrected chi connectivity index (χ2v) is 6.57. The molecule has 2 aliphatic heterocycles. The van der Waals surface area contributed by atoms with E-state index < -0.39 is 68.7 Å². The van der Waals surface area contributed by atoms with Gasteiger partial charge in [0, 0.05) is 12.3 Å². The molecule has 1 aromatic rings. The van der Waals surface area contributed by atoms with Crippen molar-refractivity contribution in [2.24, 2.45) is 5.41 Å². The molecule has 4 N–H and O–H groups in total. The SMILES string of the molecule is [2H]C([2H])([2H])C([C@H](/C=C/c1ccc2c(c1)OCO2)O[C@H]1O[C@H](C(=O)O)[C@@H](O)[C@H](O)[C@H]1O)(C([2H])([2H])[2H])C([2H])([2H])[2H]. The van der Waals surface area contributed by atoms with Crippen molar-refractivity contribution in [1.82, 2.24) is 0 Å². The van der Waals surface area contributed by atoms with Gasteiger partial charge >= 0.3 is 5.97 Å². The minimum absolute atomic E-state index is 0.0652. The average Bonchev–Trinajstić information content (AvgIpc) is 3.22. The van der Waals surface area contributed by atoms with Crippen LogP contribution in [0.4, 0.5) is 0 Å². The summed E-state index contributed by atoms with van der Waals surface area (Å²) in [4.78, 5) is 11.5. The Morgan fingerprint density at radius 2 is 1.93 bits per heavy atom. The number of carboxylic acids is 1. The van der Waals surface area contributed by atoms with Gasteiger partial charge in [0.2, 0.25) is 6.79 Å². The first kappa shape index (κ1) is 12.5. The summed E-state index contributed by atoms with van der Waals surface area (Å²) in [6.07, 6.45) is -11.4. The molecule has 0 amide bonds. The Morgan fingerprint density at radius 1 is 1.21 bits per heavy atom. The van der Waals surface area contributed by atoms with Crippen LogP contribution in [0, 0.1) is 5.41 Å². The molecule has 0 saturated carbocycles. The Balaban J connectivity index is 2.15. The summed E-state index contributed by atoms with van der Waals surface area (Å²) in [5.41, 5.74) is -3.36. The van der Waals surface area contributed by atoms with Crippen molar-refractivity contribution in [1.29, 1.82) is 0 Å². The van der Waals surface area contributed by atoms with Crippen LogP contribution in [0.5, 0.6) is 11.5 Å². The lowest BCUT2D eigenvalue weighted by molar-refractivity contribution is -0.306. The molecule has 1 fully saturated rings. The maximum absolute atomic E-state index is 11.5. The third-order valence-electron chi connectivity index (χ3n) is 4.38. The van der Waals surface area contributed by atoms with Crippen LogP contribution in [0.25, 0.3) is 6.08 Å². The van der Waals surface area contributed by atoms with Crippen LogP contribution < -0.4 is 9.47 Å². The van der Waals surface area contributed by atoms with E-state index >= 15 is 0 Å². The van der Waals surface area contributed by atoms with Gasteiger partial charge in [0.15, 0.2) is 23.9 Å². The van der Waals surface area contributed by atoms with Crippen molar-refractivity contribution < 1.29 is 56.5 Å². The van der Waals surface area contributed by atoms with Crippen LogP contribution in [0.2, 0.25) is 0 Å². The molecule has 3 rings (SSSR count). The second-order valence-electron chi connectivity index (χ2n) is 6.57. The number of aliphatic hydroxyl groups excluding tert-OH is 3. The Bertz CT molecular complexity index is 1020. The maximum atomic E-state index is 11.5. The Labute approximate surface area is 180 Å².